The summed E-state index contributed by atoms with van der Waals surface area (Å²) < 4.78 is 6.48. The first kappa shape index (κ1) is 13.9. The molecule has 0 amide bonds. The second-order valence-corrected chi connectivity index (χ2v) is 6.11. The fourth-order valence-corrected chi connectivity index (χ4v) is 2.98. The molecule has 0 spiro atoms. The summed E-state index contributed by atoms with van der Waals surface area (Å²) in [5.74, 6) is 2.60. The van der Waals surface area contributed by atoms with Gasteiger partial charge in [-0.3, -0.25) is 0 Å². The molecule has 1 N–H and O–H groups in total. The zero-order valence-electron chi connectivity index (χ0n) is 11.4. The zero-order valence-corrected chi connectivity index (χ0v) is 13.0. The molecule has 0 heterocycles. The van der Waals surface area contributed by atoms with Crippen LogP contribution in [-0.2, 0) is 6.42 Å². The molecule has 2 atom stereocenters. The van der Waals surface area contributed by atoms with E-state index in [2.05, 4.69) is 47.4 Å². The van der Waals surface area contributed by atoms with Crippen LogP contribution in [0.4, 0.5) is 0 Å². The summed E-state index contributed by atoms with van der Waals surface area (Å²) in [6.45, 7) is 2.37. The standard InChI is InChI=1S/C15H22BrNO/c1-10(11-4-5-11)15(17-2)9-12-8-13(18-3)6-7-14(12)16/h6-8,10-11,15,17H,4-5,9H2,1-3H3. The number of benzene rings is 1. The van der Waals surface area contributed by atoms with Crippen LogP contribution in [-0.4, -0.2) is 20.2 Å². The molecule has 0 radical (unpaired) electrons. The van der Waals surface area contributed by atoms with Gasteiger partial charge in [0.05, 0.1) is 7.11 Å². The van der Waals surface area contributed by atoms with Crippen LogP contribution in [0.5, 0.6) is 5.75 Å². The summed E-state index contributed by atoms with van der Waals surface area (Å²) in [5, 5.41) is 3.47. The maximum Gasteiger partial charge on any atom is 0.119 e. The van der Waals surface area contributed by atoms with Crippen molar-refractivity contribution in [2.45, 2.75) is 32.2 Å². The minimum Gasteiger partial charge on any atom is -0.497 e. The minimum atomic E-state index is 0.543. The van der Waals surface area contributed by atoms with Gasteiger partial charge in [0.2, 0.25) is 0 Å². The van der Waals surface area contributed by atoms with Crippen LogP contribution in [0, 0.1) is 11.8 Å². The maximum absolute atomic E-state index is 5.30. The number of hydrogen-bond acceptors (Lipinski definition) is 2. The van der Waals surface area contributed by atoms with Crippen molar-refractivity contribution in [2.75, 3.05) is 14.2 Å². The Labute approximate surface area is 118 Å². The van der Waals surface area contributed by atoms with Gasteiger partial charge in [-0.25, -0.2) is 0 Å². The van der Waals surface area contributed by atoms with Crippen LogP contribution in [0.15, 0.2) is 22.7 Å². The number of methoxy groups -OCH3 is 1. The molecule has 1 aromatic carbocycles. The monoisotopic (exact) mass is 311 g/mol. The minimum absolute atomic E-state index is 0.543. The Morgan fingerprint density at radius 1 is 1.44 bits per heavy atom. The molecule has 100 valence electrons. The molecule has 3 heteroatoms. The van der Waals surface area contributed by atoms with Crippen molar-refractivity contribution < 1.29 is 4.74 Å². The third-order valence-corrected chi connectivity index (χ3v) is 4.84. The molecule has 2 nitrogen and oxygen atoms in total. The van der Waals surface area contributed by atoms with Crippen molar-refractivity contribution >= 4 is 15.9 Å². The molecule has 1 aromatic rings. The number of hydrogen-bond donors (Lipinski definition) is 1. The predicted octanol–water partition coefficient (Wildman–Crippen LogP) is 3.63. The van der Waals surface area contributed by atoms with E-state index in [1.807, 2.05) is 6.07 Å². The van der Waals surface area contributed by atoms with Crippen LogP contribution in [0.3, 0.4) is 0 Å². The van der Waals surface area contributed by atoms with E-state index in [4.69, 9.17) is 4.74 Å². The molecule has 2 rings (SSSR count). The van der Waals surface area contributed by atoms with Crippen molar-refractivity contribution in [1.82, 2.24) is 5.32 Å². The topological polar surface area (TPSA) is 21.3 Å². The summed E-state index contributed by atoms with van der Waals surface area (Å²) >= 11 is 3.64. The summed E-state index contributed by atoms with van der Waals surface area (Å²) in [6, 6.07) is 6.74. The van der Waals surface area contributed by atoms with Crippen molar-refractivity contribution in [3.8, 4) is 5.75 Å². The average molecular weight is 312 g/mol. The van der Waals surface area contributed by atoms with E-state index in [0.29, 0.717) is 6.04 Å². The number of rotatable bonds is 6. The summed E-state index contributed by atoms with van der Waals surface area (Å²) in [7, 11) is 3.78. The third kappa shape index (κ3) is 3.27. The van der Waals surface area contributed by atoms with Crippen LogP contribution < -0.4 is 10.1 Å². The van der Waals surface area contributed by atoms with Crippen LogP contribution in [0.25, 0.3) is 0 Å². The first-order valence-electron chi connectivity index (χ1n) is 6.65. The zero-order chi connectivity index (χ0) is 13.1. The Bertz CT molecular complexity index is 403. The Morgan fingerprint density at radius 3 is 2.72 bits per heavy atom. The Kier molecular flexibility index (Phi) is 4.68. The summed E-state index contributed by atoms with van der Waals surface area (Å²) in [4.78, 5) is 0. The quantitative estimate of drug-likeness (QED) is 0.866. The second kappa shape index (κ2) is 6.07. The van der Waals surface area contributed by atoms with Gasteiger partial charge >= 0.3 is 0 Å². The second-order valence-electron chi connectivity index (χ2n) is 5.25. The molecule has 0 bridgehead atoms. The Balaban J connectivity index is 2.10. The highest BCUT2D eigenvalue weighted by Crippen LogP contribution is 2.39. The lowest BCUT2D eigenvalue weighted by Gasteiger charge is -2.24. The highest BCUT2D eigenvalue weighted by atomic mass is 79.9. The molecule has 0 aromatic heterocycles. The van der Waals surface area contributed by atoms with E-state index < -0.39 is 0 Å². The summed E-state index contributed by atoms with van der Waals surface area (Å²) in [6.07, 6.45) is 3.85. The van der Waals surface area contributed by atoms with Gasteiger partial charge in [-0.2, -0.15) is 0 Å². The number of halogens is 1. The molecule has 1 saturated carbocycles. The van der Waals surface area contributed by atoms with Gasteiger partial charge in [0.1, 0.15) is 5.75 Å². The normalized spacial score (nSPS) is 18.4. The molecule has 0 saturated heterocycles. The first-order chi connectivity index (χ1) is 8.65. The van der Waals surface area contributed by atoms with E-state index in [-0.39, 0.29) is 0 Å². The lowest BCUT2D eigenvalue weighted by Crippen LogP contribution is -2.35. The van der Waals surface area contributed by atoms with Gasteiger partial charge in [0.15, 0.2) is 0 Å². The number of nitrogens with one attached hydrogen (secondary N) is 1. The van der Waals surface area contributed by atoms with E-state index >= 15 is 0 Å². The molecular formula is C15H22BrNO. The predicted molar refractivity (Wildman–Crippen MR) is 79.1 cm³/mol. The lowest BCUT2D eigenvalue weighted by molar-refractivity contribution is 0.356. The Hall–Kier alpha value is -0.540. The smallest absolute Gasteiger partial charge is 0.119 e. The molecule has 1 fully saturated rings. The molecule has 2 unspecified atom stereocenters. The SMILES string of the molecule is CNC(Cc1cc(OC)ccc1Br)C(C)C1CC1. The van der Waals surface area contributed by atoms with E-state index in [1.54, 1.807) is 7.11 Å². The Morgan fingerprint density at radius 2 is 2.17 bits per heavy atom. The van der Waals surface area contributed by atoms with Crippen molar-refractivity contribution in [3.63, 3.8) is 0 Å². The van der Waals surface area contributed by atoms with Gasteiger partial charge in [-0.05, 0) is 61.9 Å². The highest BCUT2D eigenvalue weighted by molar-refractivity contribution is 9.10. The van der Waals surface area contributed by atoms with Gasteiger partial charge in [0, 0.05) is 10.5 Å². The van der Waals surface area contributed by atoms with Crippen molar-refractivity contribution in [1.29, 1.82) is 0 Å². The van der Waals surface area contributed by atoms with Gasteiger partial charge in [-0.1, -0.05) is 22.9 Å². The van der Waals surface area contributed by atoms with Crippen molar-refractivity contribution in [3.05, 3.63) is 28.2 Å². The largest absolute Gasteiger partial charge is 0.497 e. The van der Waals surface area contributed by atoms with Gasteiger partial charge in [0.25, 0.3) is 0 Å². The van der Waals surface area contributed by atoms with Crippen LogP contribution >= 0.6 is 15.9 Å². The fraction of sp³-hybridized carbons (Fsp3) is 0.600. The summed E-state index contributed by atoms with van der Waals surface area (Å²) in [5.41, 5.74) is 1.32. The number of likely N-dealkylation sites (N-methyl/N-ethyl adjacent to an activating group) is 1. The van der Waals surface area contributed by atoms with E-state index in [9.17, 15) is 0 Å². The molecule has 18 heavy (non-hydrogen) atoms. The lowest BCUT2D eigenvalue weighted by atomic mass is 9.91. The average Bonchev–Trinajstić information content (AvgIpc) is 3.21. The van der Waals surface area contributed by atoms with Crippen molar-refractivity contribution in [2.24, 2.45) is 11.8 Å². The molecular weight excluding hydrogens is 290 g/mol. The van der Waals surface area contributed by atoms with Gasteiger partial charge < -0.3 is 10.1 Å². The van der Waals surface area contributed by atoms with Crippen LogP contribution in [0.1, 0.15) is 25.3 Å². The third-order valence-electron chi connectivity index (χ3n) is 4.06. The highest BCUT2D eigenvalue weighted by Gasteiger charge is 2.32. The fourth-order valence-electron chi connectivity index (χ4n) is 2.57. The maximum atomic E-state index is 5.30. The van der Waals surface area contributed by atoms with Crippen LogP contribution in [0.2, 0.25) is 0 Å². The molecule has 1 aliphatic carbocycles. The van der Waals surface area contributed by atoms with Gasteiger partial charge in [-0.15, -0.1) is 0 Å². The first-order valence-corrected chi connectivity index (χ1v) is 7.44. The van der Waals surface area contributed by atoms with E-state index in [0.717, 1.165) is 24.0 Å². The molecule has 1 aliphatic rings. The molecule has 0 aliphatic heterocycles. The number of ether oxygens (including phenoxy) is 1. The van der Waals surface area contributed by atoms with E-state index in [1.165, 1.54) is 22.9 Å².